The molecule has 0 amide bonds. The van der Waals surface area contributed by atoms with E-state index in [4.69, 9.17) is 32.7 Å². The second-order valence-electron chi connectivity index (χ2n) is 6.90. The van der Waals surface area contributed by atoms with Crippen molar-refractivity contribution in [3.05, 3.63) is 33.8 Å². The maximum Gasteiger partial charge on any atom is 0.0936 e. The van der Waals surface area contributed by atoms with Crippen LogP contribution in [0, 0.1) is 5.92 Å². The van der Waals surface area contributed by atoms with E-state index in [0.717, 1.165) is 18.4 Å². The van der Waals surface area contributed by atoms with E-state index in [1.54, 1.807) is 0 Å². The van der Waals surface area contributed by atoms with E-state index in [1.807, 2.05) is 18.2 Å². The molecule has 5 heteroatoms. The van der Waals surface area contributed by atoms with Gasteiger partial charge in [0.05, 0.1) is 23.9 Å². The van der Waals surface area contributed by atoms with Crippen LogP contribution in [0.3, 0.4) is 0 Å². The molecule has 2 aliphatic rings. The van der Waals surface area contributed by atoms with Crippen LogP contribution in [0.1, 0.15) is 39.2 Å². The lowest BCUT2D eigenvalue weighted by molar-refractivity contribution is -0.0955. The molecule has 2 fully saturated rings. The first-order valence-electron chi connectivity index (χ1n) is 7.67. The van der Waals surface area contributed by atoms with Crippen molar-refractivity contribution in [1.82, 2.24) is 0 Å². The number of hydrogen-bond donors (Lipinski definition) is 0. The van der Waals surface area contributed by atoms with Gasteiger partial charge in [-0.3, -0.25) is 0 Å². The Morgan fingerprint density at radius 1 is 1.32 bits per heavy atom. The number of alkyl halides is 1. The lowest BCUT2D eigenvalue weighted by Crippen LogP contribution is -2.44. The van der Waals surface area contributed by atoms with Crippen LogP contribution in [0.4, 0.5) is 0 Å². The van der Waals surface area contributed by atoms with Gasteiger partial charge in [-0.1, -0.05) is 59.0 Å². The highest BCUT2D eigenvalue weighted by molar-refractivity contribution is 9.09. The quantitative estimate of drug-likeness (QED) is 0.603. The molecule has 3 rings (SSSR count). The fraction of sp³-hybridized carbons (Fsp3) is 0.647. The molecular formula is C17H21BrCl2O2. The van der Waals surface area contributed by atoms with Gasteiger partial charge in [-0.25, -0.2) is 0 Å². The van der Waals surface area contributed by atoms with Crippen LogP contribution in [-0.2, 0) is 16.1 Å². The molecule has 2 nitrogen and oxygen atoms in total. The number of ether oxygens (including phenoxy) is 2. The molecule has 22 heavy (non-hydrogen) atoms. The summed E-state index contributed by atoms with van der Waals surface area (Å²) >= 11 is 16.3. The second-order valence-corrected chi connectivity index (χ2v) is 8.82. The van der Waals surface area contributed by atoms with Gasteiger partial charge in [0.15, 0.2) is 0 Å². The highest BCUT2D eigenvalue weighted by Gasteiger charge is 2.65. The predicted octanol–water partition coefficient (Wildman–Crippen LogP) is 5.62. The predicted molar refractivity (Wildman–Crippen MR) is 94.0 cm³/mol. The Kier molecular flexibility index (Phi) is 4.59. The molecule has 0 saturated carbocycles. The number of halogens is 3. The van der Waals surface area contributed by atoms with Gasteiger partial charge in [0, 0.05) is 26.9 Å². The molecule has 4 atom stereocenters. The minimum Gasteiger partial charge on any atom is -0.370 e. The number of benzene rings is 1. The summed E-state index contributed by atoms with van der Waals surface area (Å²) in [6.07, 6.45) is 1.93. The van der Waals surface area contributed by atoms with Gasteiger partial charge in [0.25, 0.3) is 0 Å². The highest BCUT2D eigenvalue weighted by atomic mass is 79.9. The second kappa shape index (κ2) is 5.93. The average Bonchev–Trinajstić information content (AvgIpc) is 2.86. The number of hydrogen-bond acceptors (Lipinski definition) is 2. The molecule has 2 bridgehead atoms. The largest absolute Gasteiger partial charge is 0.370 e. The summed E-state index contributed by atoms with van der Waals surface area (Å²) in [7, 11) is 0. The normalized spacial score (nSPS) is 37.2. The standard InChI is InChI=1S/C17H21BrCl2O2/c1-10(2)17-8-15(16(3,22-17)7-14(17)18)21-9-11-12(19)5-4-6-13(11)20/h4-6,10,14-15H,7-9H2,1-3H3. The topological polar surface area (TPSA) is 18.5 Å². The zero-order valence-corrected chi connectivity index (χ0v) is 16.1. The number of fused-ring (bicyclic) bond motifs is 2. The van der Waals surface area contributed by atoms with Crippen molar-refractivity contribution in [3.63, 3.8) is 0 Å². The molecule has 0 aliphatic carbocycles. The summed E-state index contributed by atoms with van der Waals surface area (Å²) in [6, 6.07) is 5.53. The summed E-state index contributed by atoms with van der Waals surface area (Å²) < 4.78 is 12.6. The van der Waals surface area contributed by atoms with Gasteiger partial charge in [-0.2, -0.15) is 0 Å². The van der Waals surface area contributed by atoms with E-state index in [1.165, 1.54) is 0 Å². The van der Waals surface area contributed by atoms with E-state index < -0.39 is 0 Å². The van der Waals surface area contributed by atoms with Crippen molar-refractivity contribution in [1.29, 1.82) is 0 Å². The lowest BCUT2D eigenvalue weighted by atomic mass is 9.75. The van der Waals surface area contributed by atoms with E-state index in [0.29, 0.717) is 27.4 Å². The summed E-state index contributed by atoms with van der Waals surface area (Å²) in [6.45, 7) is 7.00. The summed E-state index contributed by atoms with van der Waals surface area (Å²) in [5, 5.41) is 1.30. The van der Waals surface area contributed by atoms with Crippen molar-refractivity contribution < 1.29 is 9.47 Å². The molecular weight excluding hydrogens is 387 g/mol. The van der Waals surface area contributed by atoms with Crippen LogP contribution in [0.2, 0.25) is 10.0 Å². The molecule has 0 N–H and O–H groups in total. The Hall–Kier alpha value is 0.200. The fourth-order valence-corrected chi connectivity index (χ4v) is 5.70. The Morgan fingerprint density at radius 2 is 1.95 bits per heavy atom. The first kappa shape index (κ1) is 17.0. The fourth-order valence-electron chi connectivity index (χ4n) is 3.75. The molecule has 2 heterocycles. The van der Waals surface area contributed by atoms with Crippen molar-refractivity contribution in [3.8, 4) is 0 Å². The third-order valence-corrected chi connectivity index (χ3v) is 7.00. The Bertz CT molecular complexity index is 560. The van der Waals surface area contributed by atoms with Crippen LogP contribution >= 0.6 is 39.1 Å². The van der Waals surface area contributed by atoms with E-state index >= 15 is 0 Å². The van der Waals surface area contributed by atoms with Crippen molar-refractivity contribution in [2.45, 2.75) is 62.4 Å². The zero-order chi connectivity index (χ0) is 16.1. The Labute approximate surface area is 150 Å². The first-order chi connectivity index (χ1) is 10.3. The minimum absolute atomic E-state index is 0.0658. The van der Waals surface area contributed by atoms with Gasteiger partial charge < -0.3 is 9.47 Å². The molecule has 2 saturated heterocycles. The van der Waals surface area contributed by atoms with Crippen LogP contribution < -0.4 is 0 Å². The smallest absolute Gasteiger partial charge is 0.0936 e. The molecule has 0 aromatic heterocycles. The summed E-state index contributed by atoms with van der Waals surface area (Å²) in [5.74, 6) is 0.441. The van der Waals surface area contributed by atoms with Gasteiger partial charge >= 0.3 is 0 Å². The van der Waals surface area contributed by atoms with E-state index in [9.17, 15) is 0 Å². The first-order valence-corrected chi connectivity index (χ1v) is 9.34. The van der Waals surface area contributed by atoms with Crippen LogP contribution in [0.25, 0.3) is 0 Å². The molecule has 0 radical (unpaired) electrons. The summed E-state index contributed by atoms with van der Waals surface area (Å²) in [5.41, 5.74) is 0.474. The Morgan fingerprint density at radius 3 is 2.50 bits per heavy atom. The van der Waals surface area contributed by atoms with Gasteiger partial charge in [-0.15, -0.1) is 0 Å². The summed E-state index contributed by atoms with van der Waals surface area (Å²) in [4.78, 5) is 0.383. The monoisotopic (exact) mass is 406 g/mol. The van der Waals surface area contributed by atoms with Crippen LogP contribution in [0.5, 0.6) is 0 Å². The van der Waals surface area contributed by atoms with E-state index in [2.05, 4.69) is 36.7 Å². The van der Waals surface area contributed by atoms with Gasteiger partial charge in [0.1, 0.15) is 0 Å². The van der Waals surface area contributed by atoms with Gasteiger partial charge in [0.2, 0.25) is 0 Å². The van der Waals surface area contributed by atoms with Crippen molar-refractivity contribution >= 4 is 39.1 Å². The Balaban J connectivity index is 1.75. The van der Waals surface area contributed by atoms with Crippen LogP contribution in [-0.4, -0.2) is 22.1 Å². The van der Waals surface area contributed by atoms with Crippen molar-refractivity contribution in [2.24, 2.45) is 5.92 Å². The zero-order valence-electron chi connectivity index (χ0n) is 13.0. The molecule has 1 aromatic carbocycles. The third kappa shape index (κ3) is 2.63. The maximum absolute atomic E-state index is 6.44. The maximum atomic E-state index is 6.44. The lowest BCUT2D eigenvalue weighted by Gasteiger charge is -2.35. The molecule has 1 aromatic rings. The van der Waals surface area contributed by atoms with Gasteiger partial charge in [-0.05, 0) is 31.4 Å². The molecule has 0 spiro atoms. The highest BCUT2D eigenvalue weighted by Crippen LogP contribution is 2.57. The van der Waals surface area contributed by atoms with E-state index in [-0.39, 0.29) is 17.3 Å². The van der Waals surface area contributed by atoms with Crippen LogP contribution in [0.15, 0.2) is 18.2 Å². The number of rotatable bonds is 4. The molecule has 122 valence electrons. The SMILES string of the molecule is CC(C)C12CC(OCc3c(Cl)cccc3Cl)C(C)(CC1Br)O2. The third-order valence-electron chi connectivity index (χ3n) is 5.19. The minimum atomic E-state index is -0.244. The molecule has 4 unspecified atom stereocenters. The average molecular weight is 408 g/mol. The van der Waals surface area contributed by atoms with Crippen molar-refractivity contribution in [2.75, 3.05) is 0 Å². The molecule has 2 aliphatic heterocycles.